The van der Waals surface area contributed by atoms with Gasteiger partial charge in [-0.15, -0.1) is 0 Å². The third-order valence-corrected chi connectivity index (χ3v) is 4.77. The first-order valence-corrected chi connectivity index (χ1v) is 9.32. The molecule has 2 heterocycles. The van der Waals surface area contributed by atoms with E-state index in [2.05, 4.69) is 5.32 Å². The molecule has 4 rings (SSSR count). The van der Waals surface area contributed by atoms with Crippen LogP contribution in [0.1, 0.15) is 23.2 Å². The third-order valence-electron chi connectivity index (χ3n) is 4.46. The van der Waals surface area contributed by atoms with E-state index in [4.69, 9.17) is 30.5 Å². The topological polar surface area (TPSA) is 66.0 Å². The van der Waals surface area contributed by atoms with E-state index in [0.29, 0.717) is 53.3 Å². The Bertz CT molecular complexity index is 818. The predicted molar refractivity (Wildman–Crippen MR) is 101 cm³/mol. The number of amides is 1. The first kappa shape index (κ1) is 17.9. The van der Waals surface area contributed by atoms with Gasteiger partial charge >= 0.3 is 0 Å². The predicted octanol–water partition coefficient (Wildman–Crippen LogP) is 3.92. The maximum absolute atomic E-state index is 12.5. The summed E-state index contributed by atoms with van der Waals surface area (Å²) < 4.78 is 22.3. The smallest absolute Gasteiger partial charge is 0.255 e. The third kappa shape index (κ3) is 4.28. The summed E-state index contributed by atoms with van der Waals surface area (Å²) in [5.74, 6) is 1.59. The minimum absolute atomic E-state index is 0.158. The average molecular weight is 390 g/mol. The van der Waals surface area contributed by atoms with Crippen LogP contribution in [0.4, 0.5) is 5.69 Å². The largest absolute Gasteiger partial charge is 0.491 e. The summed E-state index contributed by atoms with van der Waals surface area (Å²) in [6.07, 6.45) is 2.26. The Morgan fingerprint density at radius 2 is 1.85 bits per heavy atom. The van der Waals surface area contributed by atoms with E-state index < -0.39 is 0 Å². The molecule has 142 valence electrons. The lowest BCUT2D eigenvalue weighted by Gasteiger charge is -2.20. The van der Waals surface area contributed by atoms with Crippen LogP contribution in [0.15, 0.2) is 36.4 Å². The second-order valence-electron chi connectivity index (χ2n) is 6.40. The van der Waals surface area contributed by atoms with Gasteiger partial charge in [-0.25, -0.2) is 0 Å². The molecule has 0 radical (unpaired) electrons. The van der Waals surface area contributed by atoms with Gasteiger partial charge in [-0.1, -0.05) is 11.6 Å². The van der Waals surface area contributed by atoms with E-state index in [1.807, 2.05) is 0 Å². The molecular formula is C20H20ClNO5. The number of hydrogen-bond donors (Lipinski definition) is 1. The molecule has 2 aliphatic heterocycles. The molecule has 1 amide bonds. The summed E-state index contributed by atoms with van der Waals surface area (Å²) in [5.41, 5.74) is 0.982. The summed E-state index contributed by atoms with van der Waals surface area (Å²) in [5, 5.41) is 3.20. The minimum Gasteiger partial charge on any atom is -0.491 e. The molecule has 1 fully saturated rings. The molecule has 0 aromatic heterocycles. The van der Waals surface area contributed by atoms with Crippen LogP contribution in [0.25, 0.3) is 0 Å². The highest BCUT2D eigenvalue weighted by Gasteiger charge is 2.18. The molecule has 0 aliphatic carbocycles. The number of halogens is 1. The summed E-state index contributed by atoms with van der Waals surface area (Å²) in [7, 11) is 0. The van der Waals surface area contributed by atoms with E-state index in [0.717, 1.165) is 19.4 Å². The Kier molecular flexibility index (Phi) is 5.36. The summed E-state index contributed by atoms with van der Waals surface area (Å²) in [4.78, 5) is 12.5. The molecule has 27 heavy (non-hydrogen) atoms. The Balaban J connectivity index is 1.39. The fourth-order valence-electron chi connectivity index (χ4n) is 3.02. The van der Waals surface area contributed by atoms with Crippen LogP contribution in [0.3, 0.4) is 0 Å². The first-order chi connectivity index (χ1) is 13.2. The Labute approximate surface area is 162 Å². The molecule has 2 aromatic carbocycles. The normalized spacial score (nSPS) is 18.2. The quantitative estimate of drug-likeness (QED) is 0.839. The lowest BCUT2D eigenvalue weighted by Crippen LogP contribution is -2.17. The minimum atomic E-state index is -0.265. The van der Waals surface area contributed by atoms with Crippen molar-refractivity contribution in [2.75, 3.05) is 31.7 Å². The van der Waals surface area contributed by atoms with Crippen molar-refractivity contribution < 1.29 is 23.7 Å². The zero-order valence-electron chi connectivity index (χ0n) is 14.7. The lowest BCUT2D eigenvalue weighted by atomic mass is 10.2. The summed E-state index contributed by atoms with van der Waals surface area (Å²) in [6.45, 7) is 2.28. The van der Waals surface area contributed by atoms with E-state index >= 15 is 0 Å². The van der Waals surface area contributed by atoms with Gasteiger partial charge < -0.3 is 24.3 Å². The average Bonchev–Trinajstić information content (AvgIpc) is 3.21. The van der Waals surface area contributed by atoms with E-state index in [1.54, 1.807) is 36.4 Å². The van der Waals surface area contributed by atoms with E-state index in [9.17, 15) is 4.79 Å². The van der Waals surface area contributed by atoms with Crippen molar-refractivity contribution in [1.29, 1.82) is 0 Å². The molecular weight excluding hydrogens is 370 g/mol. The van der Waals surface area contributed by atoms with Crippen molar-refractivity contribution in [3.05, 3.63) is 47.0 Å². The first-order valence-electron chi connectivity index (χ1n) is 8.94. The molecule has 1 unspecified atom stereocenters. The van der Waals surface area contributed by atoms with Gasteiger partial charge in [0.15, 0.2) is 11.5 Å². The van der Waals surface area contributed by atoms with Gasteiger partial charge in [-0.3, -0.25) is 4.79 Å². The molecule has 0 spiro atoms. The molecule has 1 saturated heterocycles. The molecule has 0 bridgehead atoms. The van der Waals surface area contributed by atoms with Crippen LogP contribution in [0.5, 0.6) is 17.2 Å². The molecule has 1 atom stereocenters. The van der Waals surface area contributed by atoms with Gasteiger partial charge in [0, 0.05) is 24.3 Å². The Morgan fingerprint density at radius 3 is 2.56 bits per heavy atom. The number of rotatable bonds is 5. The standard InChI is InChI=1S/C20H20ClNO5/c21-16-10-18-19(26-9-8-25-18)11-17(16)22-20(23)13-3-5-14(6-4-13)27-12-15-2-1-7-24-15/h3-6,10-11,15H,1-2,7-9,12H2,(H,22,23). The maximum Gasteiger partial charge on any atom is 0.255 e. The molecule has 7 heteroatoms. The van der Waals surface area contributed by atoms with Gasteiger partial charge in [0.1, 0.15) is 25.6 Å². The van der Waals surface area contributed by atoms with Crippen molar-refractivity contribution in [1.82, 2.24) is 0 Å². The van der Waals surface area contributed by atoms with Gasteiger partial charge in [-0.05, 0) is 37.1 Å². The molecule has 6 nitrogen and oxygen atoms in total. The molecule has 2 aromatic rings. The molecule has 2 aliphatic rings. The highest BCUT2D eigenvalue weighted by atomic mass is 35.5. The van der Waals surface area contributed by atoms with Crippen LogP contribution in [0.2, 0.25) is 5.02 Å². The fourth-order valence-corrected chi connectivity index (χ4v) is 3.22. The van der Waals surface area contributed by atoms with Gasteiger partial charge in [0.05, 0.1) is 16.8 Å². The van der Waals surface area contributed by atoms with E-state index in [1.165, 1.54) is 0 Å². The van der Waals surface area contributed by atoms with Crippen molar-refractivity contribution in [2.45, 2.75) is 18.9 Å². The number of benzene rings is 2. The van der Waals surface area contributed by atoms with Gasteiger partial charge in [0.2, 0.25) is 0 Å². The number of nitrogens with one attached hydrogen (secondary N) is 1. The van der Waals surface area contributed by atoms with Crippen LogP contribution in [-0.2, 0) is 4.74 Å². The van der Waals surface area contributed by atoms with Crippen molar-refractivity contribution >= 4 is 23.2 Å². The van der Waals surface area contributed by atoms with Crippen LogP contribution < -0.4 is 19.5 Å². The lowest BCUT2D eigenvalue weighted by molar-refractivity contribution is 0.0679. The second kappa shape index (κ2) is 8.06. The zero-order chi connectivity index (χ0) is 18.6. The number of hydrogen-bond acceptors (Lipinski definition) is 5. The monoisotopic (exact) mass is 389 g/mol. The van der Waals surface area contributed by atoms with E-state index in [-0.39, 0.29) is 12.0 Å². The molecule has 0 saturated carbocycles. The second-order valence-corrected chi connectivity index (χ2v) is 6.81. The van der Waals surface area contributed by atoms with Crippen molar-refractivity contribution in [3.63, 3.8) is 0 Å². The highest BCUT2D eigenvalue weighted by Crippen LogP contribution is 2.38. The maximum atomic E-state index is 12.5. The van der Waals surface area contributed by atoms with Crippen LogP contribution >= 0.6 is 11.6 Å². The number of carbonyl (C=O) groups excluding carboxylic acids is 1. The summed E-state index contributed by atoms with van der Waals surface area (Å²) >= 11 is 6.24. The number of anilines is 1. The fraction of sp³-hybridized carbons (Fsp3) is 0.350. The number of ether oxygens (including phenoxy) is 4. The van der Waals surface area contributed by atoms with Gasteiger partial charge in [-0.2, -0.15) is 0 Å². The van der Waals surface area contributed by atoms with Crippen molar-refractivity contribution in [3.8, 4) is 17.2 Å². The molecule has 1 N–H and O–H groups in total. The van der Waals surface area contributed by atoms with Gasteiger partial charge in [0.25, 0.3) is 5.91 Å². The Morgan fingerprint density at radius 1 is 1.11 bits per heavy atom. The highest BCUT2D eigenvalue weighted by molar-refractivity contribution is 6.34. The Hall–Kier alpha value is -2.44. The van der Waals surface area contributed by atoms with Crippen LogP contribution in [0, 0.1) is 0 Å². The van der Waals surface area contributed by atoms with Crippen LogP contribution in [-0.4, -0.2) is 38.4 Å². The van der Waals surface area contributed by atoms with Crippen molar-refractivity contribution in [2.24, 2.45) is 0 Å². The zero-order valence-corrected chi connectivity index (χ0v) is 15.5. The number of carbonyl (C=O) groups is 1. The number of fused-ring (bicyclic) bond motifs is 1. The SMILES string of the molecule is O=C(Nc1cc2c(cc1Cl)OCCO2)c1ccc(OCC2CCCO2)cc1. The summed E-state index contributed by atoms with van der Waals surface area (Å²) in [6, 6.07) is 10.3.